The quantitative estimate of drug-likeness (QED) is 0.367. The number of carbonyl (C=O) groups excluding carboxylic acids is 2. The van der Waals surface area contributed by atoms with E-state index in [0.717, 1.165) is 21.5 Å². The predicted molar refractivity (Wildman–Crippen MR) is 131 cm³/mol. The average molecular weight is 443 g/mol. The molecule has 1 aliphatic rings. The van der Waals surface area contributed by atoms with Crippen molar-refractivity contribution in [3.8, 4) is 0 Å². The van der Waals surface area contributed by atoms with Crippen LogP contribution in [0.3, 0.4) is 0 Å². The number of nitrogens with one attached hydrogen (secondary N) is 3. The molecule has 4 aromatic rings. The van der Waals surface area contributed by atoms with Crippen molar-refractivity contribution >= 4 is 51.7 Å². The Hall–Kier alpha value is -3.71. The van der Waals surface area contributed by atoms with E-state index in [0.29, 0.717) is 23.5 Å². The second kappa shape index (κ2) is 8.43. The fraction of sp³-hybridized carbons (Fsp3) is 0.120. The van der Waals surface area contributed by atoms with Gasteiger partial charge in [0.2, 0.25) is 0 Å². The van der Waals surface area contributed by atoms with Crippen LogP contribution in [0.4, 0.5) is 21.9 Å². The Morgan fingerprint density at radius 3 is 2.62 bits per heavy atom. The van der Waals surface area contributed by atoms with E-state index < -0.39 is 0 Å². The number of nitrogens with zero attached hydrogens (tertiary/aromatic N) is 1. The van der Waals surface area contributed by atoms with E-state index in [1.54, 1.807) is 22.9 Å². The number of benzene rings is 3. The average Bonchev–Trinajstić information content (AvgIpc) is 3.21. The van der Waals surface area contributed by atoms with Crippen molar-refractivity contribution < 1.29 is 9.59 Å². The van der Waals surface area contributed by atoms with Crippen LogP contribution < -0.4 is 15.5 Å². The van der Waals surface area contributed by atoms with Crippen LogP contribution in [-0.2, 0) is 0 Å². The minimum atomic E-state index is -0.340. The molecule has 1 atom stereocenters. The zero-order chi connectivity index (χ0) is 22.1. The highest BCUT2D eigenvalue weighted by Crippen LogP contribution is 2.40. The molecular weight excluding hydrogens is 420 g/mol. The molecule has 160 valence electrons. The molecule has 2 heterocycles. The summed E-state index contributed by atoms with van der Waals surface area (Å²) < 4.78 is 0. The number of rotatable bonds is 3. The fourth-order valence-electron chi connectivity index (χ4n) is 3.90. The van der Waals surface area contributed by atoms with Crippen molar-refractivity contribution in [3.05, 3.63) is 84.6 Å². The SMILES string of the molecule is CC1CN(C(=O)c2ccccc2)c2cc(NC(=O)Nc3c[nH]c4ccccc34)ccc2S1. The topological polar surface area (TPSA) is 77.2 Å². The van der Waals surface area contributed by atoms with Crippen LogP contribution in [-0.4, -0.2) is 28.7 Å². The summed E-state index contributed by atoms with van der Waals surface area (Å²) in [6.07, 6.45) is 1.77. The molecule has 0 spiro atoms. The first-order chi connectivity index (χ1) is 15.6. The van der Waals surface area contributed by atoms with Crippen LogP contribution in [0, 0.1) is 0 Å². The molecule has 0 aliphatic carbocycles. The Labute approximate surface area is 190 Å². The summed E-state index contributed by atoms with van der Waals surface area (Å²) in [5, 5.41) is 7.01. The Bertz CT molecular complexity index is 1300. The number of hydrogen-bond acceptors (Lipinski definition) is 3. The number of H-pyrrole nitrogens is 1. The van der Waals surface area contributed by atoms with Gasteiger partial charge in [0.25, 0.3) is 5.91 Å². The summed E-state index contributed by atoms with van der Waals surface area (Å²) >= 11 is 1.73. The highest BCUT2D eigenvalue weighted by atomic mass is 32.2. The first kappa shape index (κ1) is 20.2. The zero-order valence-electron chi connectivity index (χ0n) is 17.5. The zero-order valence-corrected chi connectivity index (χ0v) is 18.3. The van der Waals surface area contributed by atoms with Crippen LogP contribution in [0.2, 0.25) is 0 Å². The molecule has 6 nitrogen and oxygen atoms in total. The van der Waals surface area contributed by atoms with Crippen molar-refractivity contribution in [2.45, 2.75) is 17.1 Å². The molecule has 7 heteroatoms. The molecule has 0 saturated heterocycles. The maximum Gasteiger partial charge on any atom is 0.323 e. The molecule has 3 aromatic carbocycles. The molecule has 3 amide bonds. The van der Waals surface area contributed by atoms with Crippen LogP contribution in [0.5, 0.6) is 0 Å². The summed E-state index contributed by atoms with van der Waals surface area (Å²) in [4.78, 5) is 31.8. The second-order valence-electron chi connectivity index (χ2n) is 7.72. The maximum absolute atomic E-state index is 13.2. The highest BCUT2D eigenvalue weighted by molar-refractivity contribution is 8.00. The molecule has 1 aliphatic heterocycles. The monoisotopic (exact) mass is 442 g/mol. The lowest BCUT2D eigenvalue weighted by molar-refractivity contribution is 0.0986. The molecule has 32 heavy (non-hydrogen) atoms. The molecule has 1 aromatic heterocycles. The molecule has 3 N–H and O–H groups in total. The molecule has 0 radical (unpaired) electrons. The number of urea groups is 1. The van der Waals surface area contributed by atoms with Gasteiger partial charge in [0, 0.05) is 45.0 Å². The highest BCUT2D eigenvalue weighted by Gasteiger charge is 2.28. The first-order valence-corrected chi connectivity index (χ1v) is 11.3. The number of aromatic nitrogens is 1. The number of carbonyl (C=O) groups is 2. The number of thioether (sulfide) groups is 1. The van der Waals surface area contributed by atoms with E-state index in [9.17, 15) is 9.59 Å². The predicted octanol–water partition coefficient (Wildman–Crippen LogP) is 5.95. The molecule has 0 saturated carbocycles. The van der Waals surface area contributed by atoms with Gasteiger partial charge in [-0.15, -0.1) is 11.8 Å². The molecule has 1 unspecified atom stereocenters. The Balaban J connectivity index is 1.38. The van der Waals surface area contributed by atoms with E-state index in [4.69, 9.17) is 0 Å². The van der Waals surface area contributed by atoms with Crippen molar-refractivity contribution in [2.75, 3.05) is 22.1 Å². The Morgan fingerprint density at radius 2 is 1.78 bits per heavy atom. The summed E-state index contributed by atoms with van der Waals surface area (Å²) in [5.74, 6) is -0.0422. The van der Waals surface area contributed by atoms with Gasteiger partial charge >= 0.3 is 6.03 Å². The first-order valence-electron chi connectivity index (χ1n) is 10.4. The minimum Gasteiger partial charge on any atom is -0.359 e. The summed E-state index contributed by atoms with van der Waals surface area (Å²) in [6.45, 7) is 2.72. The number of fused-ring (bicyclic) bond motifs is 2. The lowest BCUT2D eigenvalue weighted by Crippen LogP contribution is -2.38. The van der Waals surface area contributed by atoms with Gasteiger partial charge in [0.1, 0.15) is 0 Å². The van der Waals surface area contributed by atoms with Gasteiger partial charge in [0.15, 0.2) is 0 Å². The smallest absolute Gasteiger partial charge is 0.323 e. The molecule has 0 bridgehead atoms. The molecule has 5 rings (SSSR count). The van der Waals surface area contributed by atoms with E-state index in [1.807, 2.05) is 72.8 Å². The Kier molecular flexibility index (Phi) is 5.33. The van der Waals surface area contributed by atoms with Crippen LogP contribution in [0.1, 0.15) is 17.3 Å². The van der Waals surface area contributed by atoms with Crippen molar-refractivity contribution in [2.24, 2.45) is 0 Å². The van der Waals surface area contributed by atoms with Gasteiger partial charge in [-0.05, 0) is 36.4 Å². The fourth-order valence-corrected chi connectivity index (χ4v) is 5.00. The third-order valence-corrected chi connectivity index (χ3v) is 6.53. The summed E-state index contributed by atoms with van der Waals surface area (Å²) in [5.41, 5.74) is 3.75. The van der Waals surface area contributed by atoms with Gasteiger partial charge in [-0.2, -0.15) is 0 Å². The minimum absolute atomic E-state index is 0.0422. The lowest BCUT2D eigenvalue weighted by atomic mass is 10.1. The van der Waals surface area contributed by atoms with Gasteiger partial charge < -0.3 is 20.5 Å². The summed E-state index contributed by atoms with van der Waals surface area (Å²) in [7, 11) is 0. The van der Waals surface area contributed by atoms with E-state index in [-0.39, 0.29) is 17.2 Å². The van der Waals surface area contributed by atoms with Crippen molar-refractivity contribution in [1.29, 1.82) is 0 Å². The van der Waals surface area contributed by atoms with Crippen molar-refractivity contribution in [1.82, 2.24) is 4.98 Å². The van der Waals surface area contributed by atoms with Gasteiger partial charge in [-0.3, -0.25) is 4.79 Å². The van der Waals surface area contributed by atoms with Gasteiger partial charge in [-0.25, -0.2) is 4.79 Å². The summed E-state index contributed by atoms with van der Waals surface area (Å²) in [6, 6.07) is 22.4. The molecular formula is C25H22N4O2S. The second-order valence-corrected chi connectivity index (χ2v) is 9.20. The number of aromatic amines is 1. The van der Waals surface area contributed by atoms with E-state index in [2.05, 4.69) is 22.5 Å². The van der Waals surface area contributed by atoms with Crippen LogP contribution in [0.15, 0.2) is 83.9 Å². The van der Waals surface area contributed by atoms with Gasteiger partial charge in [0.05, 0.1) is 11.4 Å². The third kappa shape index (κ3) is 3.94. The number of hydrogen-bond donors (Lipinski definition) is 3. The van der Waals surface area contributed by atoms with E-state index >= 15 is 0 Å². The molecule has 0 fully saturated rings. The largest absolute Gasteiger partial charge is 0.359 e. The third-order valence-electron chi connectivity index (χ3n) is 5.38. The standard InChI is InChI=1S/C25H22N4O2S/c1-16-15-29(24(30)17-7-3-2-4-8-17)22-13-18(11-12-23(22)32-16)27-25(31)28-21-14-26-20-10-6-5-9-19(20)21/h2-14,16,26H,15H2,1H3,(H2,27,28,31). The normalized spacial score (nSPS) is 15.3. The van der Waals surface area contributed by atoms with Gasteiger partial charge in [-0.1, -0.05) is 43.3 Å². The Morgan fingerprint density at radius 1 is 1.00 bits per heavy atom. The van der Waals surface area contributed by atoms with E-state index in [1.165, 1.54) is 0 Å². The van der Waals surface area contributed by atoms with Crippen LogP contribution in [0.25, 0.3) is 10.9 Å². The number of amides is 3. The number of anilines is 3. The van der Waals surface area contributed by atoms with Crippen LogP contribution >= 0.6 is 11.8 Å². The van der Waals surface area contributed by atoms with Crippen molar-refractivity contribution in [3.63, 3.8) is 0 Å². The maximum atomic E-state index is 13.2. The number of para-hydroxylation sites is 1. The lowest BCUT2D eigenvalue weighted by Gasteiger charge is -2.33.